The highest BCUT2D eigenvalue weighted by Gasteiger charge is 2.24. The van der Waals surface area contributed by atoms with Gasteiger partial charge in [0.05, 0.1) is 6.04 Å². The van der Waals surface area contributed by atoms with Gasteiger partial charge in [0.2, 0.25) is 5.91 Å². The summed E-state index contributed by atoms with van der Waals surface area (Å²) in [6.07, 6.45) is 0.763. The molecule has 1 saturated heterocycles. The minimum Gasteiger partial charge on any atom is -0.368 e. The minimum absolute atomic E-state index is 0.178. The summed E-state index contributed by atoms with van der Waals surface area (Å²) >= 11 is 0. The second kappa shape index (κ2) is 6.67. The van der Waals surface area contributed by atoms with Gasteiger partial charge < -0.3 is 10.6 Å². The summed E-state index contributed by atoms with van der Waals surface area (Å²) in [6.45, 7) is 4.18. The normalized spacial score (nSPS) is 18.1. The van der Waals surface area contributed by atoms with Crippen LogP contribution in [0.2, 0.25) is 0 Å². The maximum atomic E-state index is 13.2. The van der Waals surface area contributed by atoms with Crippen molar-refractivity contribution in [2.75, 3.05) is 26.2 Å². The van der Waals surface area contributed by atoms with Crippen LogP contribution < -0.4 is 5.73 Å². The van der Waals surface area contributed by atoms with Gasteiger partial charge >= 0.3 is 0 Å². The Morgan fingerprint density at radius 1 is 1.24 bits per heavy atom. The summed E-state index contributed by atoms with van der Waals surface area (Å²) in [5, 5.41) is 0. The van der Waals surface area contributed by atoms with E-state index in [1.165, 1.54) is 18.2 Å². The molecule has 2 rings (SSSR count). The molecule has 1 fully saturated rings. The molecule has 1 aromatic carbocycles. The number of hydrogen-bond donors (Lipinski definition) is 1. The second-order valence-electron chi connectivity index (χ2n) is 5.27. The zero-order chi connectivity index (χ0) is 15.4. The number of nitrogens with two attached hydrogens (primary N) is 1. The van der Waals surface area contributed by atoms with Crippen molar-refractivity contribution < 1.29 is 14.0 Å². The van der Waals surface area contributed by atoms with E-state index in [2.05, 4.69) is 0 Å². The lowest BCUT2D eigenvalue weighted by Crippen LogP contribution is -2.44. The number of nitrogens with zero attached hydrogens (tertiary/aromatic N) is 2. The number of benzene rings is 1. The van der Waals surface area contributed by atoms with Gasteiger partial charge in [-0.05, 0) is 31.5 Å². The summed E-state index contributed by atoms with van der Waals surface area (Å²) in [5.41, 5.74) is 5.67. The number of amides is 2. The molecule has 1 atom stereocenters. The van der Waals surface area contributed by atoms with Crippen LogP contribution in [0.1, 0.15) is 23.7 Å². The first-order valence-electron chi connectivity index (χ1n) is 7.07. The first-order valence-corrected chi connectivity index (χ1v) is 7.07. The van der Waals surface area contributed by atoms with Crippen molar-refractivity contribution in [3.63, 3.8) is 0 Å². The summed E-state index contributed by atoms with van der Waals surface area (Å²) in [6, 6.07) is 5.36. The van der Waals surface area contributed by atoms with Crippen LogP contribution >= 0.6 is 0 Å². The van der Waals surface area contributed by atoms with Gasteiger partial charge in [0.1, 0.15) is 5.82 Å². The predicted molar refractivity (Wildman–Crippen MR) is 77.1 cm³/mol. The second-order valence-corrected chi connectivity index (χ2v) is 5.27. The van der Waals surface area contributed by atoms with Gasteiger partial charge in [0.25, 0.3) is 5.91 Å². The summed E-state index contributed by atoms with van der Waals surface area (Å²) in [4.78, 5) is 27.3. The van der Waals surface area contributed by atoms with Crippen molar-refractivity contribution in [1.29, 1.82) is 0 Å². The fourth-order valence-corrected chi connectivity index (χ4v) is 2.51. The molecule has 114 valence electrons. The standard InChI is InChI=1S/C15H20FN3O2/c1-11(14(17)20)18-6-3-7-19(9-8-18)15(21)12-4-2-5-13(16)10-12/h2,4-5,10-11H,3,6-9H2,1H3,(H2,17,20)/t11-/m0/s1. The molecule has 6 heteroatoms. The smallest absolute Gasteiger partial charge is 0.254 e. The van der Waals surface area contributed by atoms with Crippen LogP contribution in [0, 0.1) is 5.82 Å². The Hall–Kier alpha value is -1.95. The van der Waals surface area contributed by atoms with Crippen LogP contribution in [-0.2, 0) is 4.79 Å². The molecule has 21 heavy (non-hydrogen) atoms. The lowest BCUT2D eigenvalue weighted by Gasteiger charge is -2.25. The summed E-state index contributed by atoms with van der Waals surface area (Å²) < 4.78 is 13.2. The molecule has 0 spiro atoms. The van der Waals surface area contributed by atoms with Crippen molar-refractivity contribution >= 4 is 11.8 Å². The average molecular weight is 293 g/mol. The van der Waals surface area contributed by atoms with Crippen LogP contribution in [0.3, 0.4) is 0 Å². The van der Waals surface area contributed by atoms with Crippen molar-refractivity contribution in [2.24, 2.45) is 5.73 Å². The number of rotatable bonds is 3. The maximum absolute atomic E-state index is 13.2. The fourth-order valence-electron chi connectivity index (χ4n) is 2.51. The molecule has 2 amide bonds. The Bertz CT molecular complexity index is 535. The monoisotopic (exact) mass is 293 g/mol. The van der Waals surface area contributed by atoms with Crippen molar-refractivity contribution in [3.8, 4) is 0 Å². The van der Waals surface area contributed by atoms with Crippen molar-refractivity contribution in [1.82, 2.24) is 9.80 Å². The van der Waals surface area contributed by atoms with E-state index in [4.69, 9.17) is 5.73 Å². The molecule has 0 radical (unpaired) electrons. The minimum atomic E-state index is -0.417. The Labute approximate surface area is 123 Å². The van der Waals surface area contributed by atoms with Crippen molar-refractivity contribution in [3.05, 3.63) is 35.6 Å². The molecule has 0 aromatic heterocycles. The third kappa shape index (κ3) is 3.78. The zero-order valence-corrected chi connectivity index (χ0v) is 12.1. The van der Waals surface area contributed by atoms with Gasteiger partial charge in [0.15, 0.2) is 0 Å². The third-order valence-corrected chi connectivity index (χ3v) is 3.85. The Morgan fingerprint density at radius 2 is 2.00 bits per heavy atom. The lowest BCUT2D eigenvalue weighted by molar-refractivity contribution is -0.122. The maximum Gasteiger partial charge on any atom is 0.254 e. The van der Waals surface area contributed by atoms with E-state index in [1.54, 1.807) is 17.9 Å². The van der Waals surface area contributed by atoms with E-state index < -0.39 is 5.82 Å². The van der Waals surface area contributed by atoms with Gasteiger partial charge in [0, 0.05) is 31.7 Å². The number of hydrogen-bond acceptors (Lipinski definition) is 3. The van der Waals surface area contributed by atoms with Crippen LogP contribution in [0.25, 0.3) is 0 Å². The van der Waals surface area contributed by atoms with Gasteiger partial charge in [-0.2, -0.15) is 0 Å². The molecule has 2 N–H and O–H groups in total. The SMILES string of the molecule is C[C@@H](C(N)=O)N1CCCN(C(=O)c2cccc(F)c2)CC1. The van der Waals surface area contributed by atoms with E-state index >= 15 is 0 Å². The number of carbonyl (C=O) groups is 2. The van der Waals surface area contributed by atoms with E-state index in [0.717, 1.165) is 13.0 Å². The van der Waals surface area contributed by atoms with Crippen LogP contribution in [0.5, 0.6) is 0 Å². The fraction of sp³-hybridized carbons (Fsp3) is 0.467. The Balaban J connectivity index is 2.03. The topological polar surface area (TPSA) is 66.6 Å². The molecule has 0 saturated carbocycles. The molecule has 1 aromatic rings. The summed E-state index contributed by atoms with van der Waals surface area (Å²) in [5.74, 6) is -0.956. The van der Waals surface area contributed by atoms with Crippen LogP contribution in [0.4, 0.5) is 4.39 Å². The highest BCUT2D eigenvalue weighted by molar-refractivity contribution is 5.94. The van der Waals surface area contributed by atoms with E-state index in [0.29, 0.717) is 25.2 Å². The van der Waals surface area contributed by atoms with E-state index in [1.807, 2.05) is 4.90 Å². The average Bonchev–Trinajstić information content (AvgIpc) is 2.71. The van der Waals surface area contributed by atoms with Gasteiger partial charge in [-0.1, -0.05) is 6.07 Å². The lowest BCUT2D eigenvalue weighted by atomic mass is 10.2. The van der Waals surface area contributed by atoms with Crippen LogP contribution in [-0.4, -0.2) is 53.8 Å². The number of halogens is 1. The van der Waals surface area contributed by atoms with Gasteiger partial charge in [-0.3, -0.25) is 14.5 Å². The molecule has 0 unspecified atom stereocenters. The summed E-state index contributed by atoms with van der Waals surface area (Å²) in [7, 11) is 0. The van der Waals surface area contributed by atoms with Crippen molar-refractivity contribution in [2.45, 2.75) is 19.4 Å². The molecule has 1 aliphatic rings. The van der Waals surface area contributed by atoms with E-state index in [9.17, 15) is 14.0 Å². The highest BCUT2D eigenvalue weighted by atomic mass is 19.1. The first-order chi connectivity index (χ1) is 9.99. The quantitative estimate of drug-likeness (QED) is 0.898. The largest absolute Gasteiger partial charge is 0.368 e. The Morgan fingerprint density at radius 3 is 2.67 bits per heavy atom. The molecular formula is C15H20FN3O2. The van der Waals surface area contributed by atoms with E-state index in [-0.39, 0.29) is 17.9 Å². The molecule has 0 bridgehead atoms. The van der Waals surface area contributed by atoms with Gasteiger partial charge in [-0.25, -0.2) is 4.39 Å². The predicted octanol–water partition coefficient (Wildman–Crippen LogP) is 0.847. The highest BCUT2D eigenvalue weighted by Crippen LogP contribution is 2.12. The zero-order valence-electron chi connectivity index (χ0n) is 12.1. The molecule has 1 heterocycles. The number of carbonyl (C=O) groups excluding carboxylic acids is 2. The molecular weight excluding hydrogens is 273 g/mol. The van der Waals surface area contributed by atoms with Crippen LogP contribution in [0.15, 0.2) is 24.3 Å². The number of primary amides is 1. The first kappa shape index (κ1) is 15.4. The molecule has 1 aliphatic heterocycles. The Kier molecular flexibility index (Phi) is 4.90. The molecule has 0 aliphatic carbocycles. The third-order valence-electron chi connectivity index (χ3n) is 3.85. The molecule has 5 nitrogen and oxygen atoms in total. The van der Waals surface area contributed by atoms with Gasteiger partial charge in [-0.15, -0.1) is 0 Å².